The molecule has 0 saturated carbocycles. The smallest absolute Gasteiger partial charge is 0.0830 e. The lowest BCUT2D eigenvalue weighted by Crippen LogP contribution is -2.02. The van der Waals surface area contributed by atoms with Gasteiger partial charge in [-0.3, -0.25) is 0 Å². The van der Waals surface area contributed by atoms with E-state index in [4.69, 9.17) is 0 Å². The van der Waals surface area contributed by atoms with Crippen LogP contribution in [0.3, 0.4) is 0 Å². The lowest BCUT2D eigenvalue weighted by atomic mass is 9.96. The fourth-order valence-corrected chi connectivity index (χ4v) is 2.92. The van der Waals surface area contributed by atoms with Crippen molar-refractivity contribution in [3.8, 4) is 0 Å². The first-order valence-electron chi connectivity index (χ1n) is 7.06. The van der Waals surface area contributed by atoms with Crippen molar-refractivity contribution in [1.82, 2.24) is 0 Å². The van der Waals surface area contributed by atoms with Crippen LogP contribution in [0.2, 0.25) is 0 Å². The number of hydrogen-bond acceptors (Lipinski definition) is 1. The van der Waals surface area contributed by atoms with Crippen LogP contribution in [0.25, 0.3) is 10.8 Å². The van der Waals surface area contributed by atoms with E-state index >= 15 is 0 Å². The Bertz CT molecular complexity index is 774. The van der Waals surface area contributed by atoms with Gasteiger partial charge in [0.1, 0.15) is 0 Å². The highest BCUT2D eigenvalue weighted by Crippen LogP contribution is 2.26. The van der Waals surface area contributed by atoms with E-state index in [2.05, 4.69) is 46.3 Å². The zero-order valence-corrected chi connectivity index (χ0v) is 13.5. The Kier molecular flexibility index (Phi) is 4.09. The van der Waals surface area contributed by atoms with Gasteiger partial charge in [0.2, 0.25) is 0 Å². The van der Waals surface area contributed by atoms with E-state index in [-0.39, 0.29) is 0 Å². The molecule has 1 nitrogen and oxygen atoms in total. The predicted octanol–water partition coefficient (Wildman–Crippen LogP) is 5.19. The van der Waals surface area contributed by atoms with Crippen molar-refractivity contribution in [1.29, 1.82) is 0 Å². The Morgan fingerprint density at radius 2 is 1.76 bits per heavy atom. The van der Waals surface area contributed by atoms with Gasteiger partial charge in [-0.25, -0.2) is 0 Å². The standard InChI is InChI=1S/C19H17BrO/c1-13-11-16(9-10-18(13)20)19(21)12-15-7-4-6-14-5-2-3-8-17(14)15/h2-11,19,21H,12H2,1H3. The number of benzene rings is 3. The number of halogens is 1. The Hall–Kier alpha value is -1.64. The number of aryl methyl sites for hydroxylation is 1. The molecule has 3 rings (SSSR count). The van der Waals surface area contributed by atoms with E-state index in [0.29, 0.717) is 6.42 Å². The van der Waals surface area contributed by atoms with E-state index in [1.807, 2.05) is 37.3 Å². The molecule has 0 aliphatic heterocycles. The van der Waals surface area contributed by atoms with E-state index in [0.717, 1.165) is 15.6 Å². The Balaban J connectivity index is 1.92. The summed E-state index contributed by atoms with van der Waals surface area (Å²) in [6.07, 6.45) is 0.144. The summed E-state index contributed by atoms with van der Waals surface area (Å²) in [6, 6.07) is 20.6. The number of aliphatic hydroxyl groups excluding tert-OH is 1. The SMILES string of the molecule is Cc1cc(C(O)Cc2cccc3ccccc23)ccc1Br. The zero-order chi connectivity index (χ0) is 14.8. The fraction of sp³-hybridized carbons (Fsp3) is 0.158. The maximum absolute atomic E-state index is 10.5. The number of hydrogen-bond donors (Lipinski definition) is 1. The summed E-state index contributed by atoms with van der Waals surface area (Å²) >= 11 is 3.50. The van der Waals surface area contributed by atoms with Gasteiger partial charge in [0.15, 0.2) is 0 Å². The van der Waals surface area contributed by atoms with Crippen molar-refractivity contribution in [3.05, 3.63) is 81.8 Å². The predicted molar refractivity (Wildman–Crippen MR) is 91.5 cm³/mol. The van der Waals surface area contributed by atoms with E-state index < -0.39 is 6.10 Å². The molecule has 0 radical (unpaired) electrons. The average molecular weight is 341 g/mol. The molecule has 0 aromatic heterocycles. The van der Waals surface area contributed by atoms with Gasteiger partial charge in [-0.05, 0) is 40.5 Å². The fourth-order valence-electron chi connectivity index (χ4n) is 2.67. The molecular formula is C19H17BrO. The molecule has 3 aromatic carbocycles. The molecule has 0 heterocycles. The molecule has 0 aliphatic carbocycles. The maximum Gasteiger partial charge on any atom is 0.0830 e. The first kappa shape index (κ1) is 14.3. The van der Waals surface area contributed by atoms with Crippen molar-refractivity contribution in [2.75, 3.05) is 0 Å². The van der Waals surface area contributed by atoms with Gasteiger partial charge in [0, 0.05) is 10.9 Å². The van der Waals surface area contributed by atoms with Crippen molar-refractivity contribution >= 4 is 26.7 Å². The van der Waals surface area contributed by atoms with Gasteiger partial charge in [-0.15, -0.1) is 0 Å². The molecule has 1 N–H and O–H groups in total. The molecule has 21 heavy (non-hydrogen) atoms. The van der Waals surface area contributed by atoms with Crippen LogP contribution in [0.5, 0.6) is 0 Å². The highest BCUT2D eigenvalue weighted by atomic mass is 79.9. The molecule has 106 valence electrons. The van der Waals surface area contributed by atoms with Crippen LogP contribution < -0.4 is 0 Å². The highest BCUT2D eigenvalue weighted by Gasteiger charge is 2.11. The third kappa shape index (κ3) is 3.02. The second-order valence-electron chi connectivity index (χ2n) is 5.37. The third-order valence-corrected chi connectivity index (χ3v) is 4.75. The molecule has 0 spiro atoms. The Morgan fingerprint density at radius 1 is 1.00 bits per heavy atom. The summed E-state index contributed by atoms with van der Waals surface area (Å²) in [7, 11) is 0. The monoisotopic (exact) mass is 340 g/mol. The lowest BCUT2D eigenvalue weighted by molar-refractivity contribution is 0.179. The van der Waals surface area contributed by atoms with Crippen molar-refractivity contribution in [2.24, 2.45) is 0 Å². The lowest BCUT2D eigenvalue weighted by Gasteiger charge is -2.14. The average Bonchev–Trinajstić information content (AvgIpc) is 2.50. The van der Waals surface area contributed by atoms with Crippen molar-refractivity contribution in [2.45, 2.75) is 19.4 Å². The molecule has 1 unspecified atom stereocenters. The van der Waals surface area contributed by atoms with Crippen molar-refractivity contribution < 1.29 is 5.11 Å². The zero-order valence-electron chi connectivity index (χ0n) is 11.9. The summed E-state index contributed by atoms with van der Waals surface area (Å²) in [5, 5.41) is 13.0. The molecule has 0 bridgehead atoms. The molecule has 3 aromatic rings. The third-order valence-electron chi connectivity index (χ3n) is 3.86. The molecular weight excluding hydrogens is 324 g/mol. The van der Waals surface area contributed by atoms with Gasteiger partial charge >= 0.3 is 0 Å². The van der Waals surface area contributed by atoms with Crippen molar-refractivity contribution in [3.63, 3.8) is 0 Å². The Labute approximate surface area is 133 Å². The minimum absolute atomic E-state index is 0.484. The maximum atomic E-state index is 10.5. The second-order valence-corrected chi connectivity index (χ2v) is 6.22. The van der Waals surface area contributed by atoms with Gasteiger partial charge in [0.05, 0.1) is 6.10 Å². The summed E-state index contributed by atoms with van der Waals surface area (Å²) in [6.45, 7) is 2.04. The Morgan fingerprint density at radius 3 is 2.57 bits per heavy atom. The molecule has 1 atom stereocenters. The summed E-state index contributed by atoms with van der Waals surface area (Å²) in [4.78, 5) is 0. The molecule has 0 fully saturated rings. The van der Waals surface area contributed by atoms with E-state index in [1.165, 1.54) is 16.3 Å². The molecule has 2 heteroatoms. The van der Waals surface area contributed by atoms with Crippen LogP contribution >= 0.6 is 15.9 Å². The van der Waals surface area contributed by atoms with Crippen LogP contribution in [-0.4, -0.2) is 5.11 Å². The van der Waals surface area contributed by atoms with Gasteiger partial charge in [0.25, 0.3) is 0 Å². The van der Waals surface area contributed by atoms with Crippen LogP contribution in [0.15, 0.2) is 65.1 Å². The van der Waals surface area contributed by atoms with E-state index in [1.54, 1.807) is 0 Å². The first-order valence-corrected chi connectivity index (χ1v) is 7.85. The number of aliphatic hydroxyl groups is 1. The quantitative estimate of drug-likeness (QED) is 0.695. The van der Waals surface area contributed by atoms with Crippen LogP contribution in [0, 0.1) is 6.92 Å². The second kappa shape index (κ2) is 6.00. The molecule has 0 saturated heterocycles. The van der Waals surface area contributed by atoms with Gasteiger partial charge in [-0.1, -0.05) is 70.5 Å². The summed E-state index contributed by atoms with van der Waals surface area (Å²) in [5.74, 6) is 0. The minimum atomic E-state index is -0.484. The normalized spacial score (nSPS) is 12.5. The van der Waals surface area contributed by atoms with Crippen LogP contribution in [0.1, 0.15) is 22.8 Å². The summed E-state index contributed by atoms with van der Waals surface area (Å²) in [5.41, 5.74) is 3.29. The number of fused-ring (bicyclic) bond motifs is 1. The highest BCUT2D eigenvalue weighted by molar-refractivity contribution is 9.10. The van der Waals surface area contributed by atoms with Gasteiger partial charge in [-0.2, -0.15) is 0 Å². The van der Waals surface area contributed by atoms with Gasteiger partial charge < -0.3 is 5.11 Å². The molecule has 0 amide bonds. The largest absolute Gasteiger partial charge is 0.388 e. The number of rotatable bonds is 3. The van der Waals surface area contributed by atoms with E-state index in [9.17, 15) is 5.11 Å². The summed E-state index contributed by atoms with van der Waals surface area (Å²) < 4.78 is 1.07. The topological polar surface area (TPSA) is 20.2 Å². The van der Waals surface area contributed by atoms with Crippen LogP contribution in [0.4, 0.5) is 0 Å². The first-order chi connectivity index (χ1) is 10.1. The van der Waals surface area contributed by atoms with Crippen LogP contribution in [-0.2, 0) is 6.42 Å². The molecule has 0 aliphatic rings. The minimum Gasteiger partial charge on any atom is -0.388 e.